The summed E-state index contributed by atoms with van der Waals surface area (Å²) in [6, 6.07) is 33.4. The third-order valence-corrected chi connectivity index (χ3v) is 5.66. The van der Waals surface area contributed by atoms with E-state index in [2.05, 4.69) is 52.3 Å². The fourth-order valence-corrected chi connectivity index (χ4v) is 3.82. The topological polar surface area (TPSA) is 26.3 Å². The van der Waals surface area contributed by atoms with Gasteiger partial charge in [-0.15, -0.1) is 0 Å². The molecule has 0 amide bonds. The van der Waals surface area contributed by atoms with Crippen molar-refractivity contribution in [3.05, 3.63) is 119 Å². The van der Waals surface area contributed by atoms with Crippen LogP contribution in [0.2, 0.25) is 0 Å². The molecule has 0 aliphatic heterocycles. The van der Waals surface area contributed by atoms with Gasteiger partial charge in [0.2, 0.25) is 0 Å². The van der Waals surface area contributed by atoms with E-state index in [1.165, 1.54) is 16.2 Å². The fraction of sp³-hybridized carbons (Fsp3) is 0. The molecule has 0 fully saturated rings. The van der Waals surface area contributed by atoms with E-state index >= 15 is 0 Å². The van der Waals surface area contributed by atoms with Crippen molar-refractivity contribution in [2.45, 2.75) is 0 Å². The Morgan fingerprint density at radius 2 is 1.10 bits per heavy atom. The minimum atomic E-state index is -0.00775. The predicted octanol–water partition coefficient (Wildman–Crippen LogP) is 7.78. The number of ether oxygens (including phenoxy) is 1. The highest BCUT2D eigenvalue weighted by atomic mass is 79.9. The maximum Gasteiger partial charge on any atom is 0.193 e. The van der Waals surface area contributed by atoms with Gasteiger partial charge in [-0.3, -0.25) is 4.79 Å². The third-order valence-electron chi connectivity index (χ3n) is 5.13. The van der Waals surface area contributed by atoms with Crippen molar-refractivity contribution in [1.29, 1.82) is 0 Å². The summed E-state index contributed by atoms with van der Waals surface area (Å²) in [5.41, 5.74) is 1.29. The van der Waals surface area contributed by atoms with Crippen LogP contribution in [-0.2, 0) is 0 Å². The van der Waals surface area contributed by atoms with E-state index < -0.39 is 0 Å². The zero-order valence-electron chi connectivity index (χ0n) is 16.0. The van der Waals surface area contributed by atoms with Crippen LogP contribution in [0.3, 0.4) is 0 Å². The van der Waals surface area contributed by atoms with E-state index in [1.54, 1.807) is 12.1 Å². The van der Waals surface area contributed by atoms with Gasteiger partial charge in [0.15, 0.2) is 5.78 Å². The summed E-state index contributed by atoms with van der Waals surface area (Å²) in [5.74, 6) is 1.46. The average Bonchev–Trinajstić information content (AvgIpc) is 2.78. The molecule has 30 heavy (non-hydrogen) atoms. The minimum Gasteiger partial charge on any atom is -0.457 e. The summed E-state index contributed by atoms with van der Waals surface area (Å²) in [6.07, 6.45) is 0. The lowest BCUT2D eigenvalue weighted by molar-refractivity contribution is 0.103. The minimum absolute atomic E-state index is 0.00775. The molecule has 0 aromatic heterocycles. The van der Waals surface area contributed by atoms with Crippen molar-refractivity contribution < 1.29 is 9.53 Å². The first-order valence-corrected chi connectivity index (χ1v) is 10.5. The molecule has 0 saturated carbocycles. The fourth-order valence-electron chi connectivity index (χ4n) is 3.56. The SMILES string of the molecule is O=C(c1ccc(Br)cc1)c1ccc(Oc2ccc3cc4ccccc4cc3c2)cc1. The van der Waals surface area contributed by atoms with Crippen LogP contribution in [-0.4, -0.2) is 5.78 Å². The molecule has 3 heteroatoms. The van der Waals surface area contributed by atoms with Crippen LogP contribution in [0.5, 0.6) is 11.5 Å². The van der Waals surface area contributed by atoms with Crippen molar-refractivity contribution in [2.75, 3.05) is 0 Å². The number of benzene rings is 5. The predicted molar refractivity (Wildman–Crippen MR) is 126 cm³/mol. The second kappa shape index (κ2) is 7.77. The molecule has 0 atom stereocenters. The molecule has 0 heterocycles. The second-order valence-corrected chi connectivity index (χ2v) is 8.09. The number of ketones is 1. The molecule has 144 valence electrons. The van der Waals surface area contributed by atoms with Crippen molar-refractivity contribution in [3.8, 4) is 11.5 Å². The Morgan fingerprint density at radius 1 is 0.567 bits per heavy atom. The van der Waals surface area contributed by atoms with Gasteiger partial charge in [-0.25, -0.2) is 0 Å². The van der Waals surface area contributed by atoms with E-state index in [0.717, 1.165) is 15.6 Å². The van der Waals surface area contributed by atoms with Crippen molar-refractivity contribution >= 4 is 43.3 Å². The van der Waals surface area contributed by atoms with Gasteiger partial charge in [0.1, 0.15) is 11.5 Å². The van der Waals surface area contributed by atoms with E-state index in [-0.39, 0.29) is 5.78 Å². The average molecular weight is 453 g/mol. The lowest BCUT2D eigenvalue weighted by Gasteiger charge is -2.09. The molecule has 0 bridgehead atoms. The highest BCUT2D eigenvalue weighted by Gasteiger charge is 2.09. The highest BCUT2D eigenvalue weighted by Crippen LogP contribution is 2.29. The smallest absolute Gasteiger partial charge is 0.193 e. The van der Waals surface area contributed by atoms with Crippen LogP contribution in [0, 0.1) is 0 Å². The van der Waals surface area contributed by atoms with Gasteiger partial charge >= 0.3 is 0 Å². The molecular formula is C27H17BrO2. The zero-order chi connectivity index (χ0) is 20.5. The molecule has 5 rings (SSSR count). The largest absolute Gasteiger partial charge is 0.457 e. The maximum absolute atomic E-state index is 12.6. The Hall–Kier alpha value is -3.43. The van der Waals surface area contributed by atoms with Crippen LogP contribution < -0.4 is 4.74 Å². The number of carbonyl (C=O) groups excluding carboxylic acids is 1. The lowest BCUT2D eigenvalue weighted by Crippen LogP contribution is -2.00. The normalized spacial score (nSPS) is 11.0. The molecule has 0 aliphatic rings. The first-order valence-electron chi connectivity index (χ1n) is 9.66. The van der Waals surface area contributed by atoms with E-state index in [4.69, 9.17) is 4.74 Å². The van der Waals surface area contributed by atoms with Crippen LogP contribution >= 0.6 is 15.9 Å². The number of rotatable bonds is 4. The van der Waals surface area contributed by atoms with Crippen molar-refractivity contribution in [1.82, 2.24) is 0 Å². The summed E-state index contributed by atoms with van der Waals surface area (Å²) in [7, 11) is 0. The van der Waals surface area contributed by atoms with E-state index in [1.807, 2.05) is 54.6 Å². The number of hydrogen-bond acceptors (Lipinski definition) is 2. The molecular weight excluding hydrogens is 436 g/mol. The molecule has 5 aromatic carbocycles. The summed E-state index contributed by atoms with van der Waals surface area (Å²) in [5, 5.41) is 4.74. The van der Waals surface area contributed by atoms with E-state index in [0.29, 0.717) is 16.9 Å². The second-order valence-electron chi connectivity index (χ2n) is 7.17. The Balaban J connectivity index is 1.38. The Morgan fingerprint density at radius 3 is 1.77 bits per heavy atom. The summed E-state index contributed by atoms with van der Waals surface area (Å²) < 4.78 is 6.99. The highest BCUT2D eigenvalue weighted by molar-refractivity contribution is 9.10. The summed E-state index contributed by atoms with van der Waals surface area (Å²) in [4.78, 5) is 12.6. The Labute approximate surface area is 182 Å². The summed E-state index contributed by atoms with van der Waals surface area (Å²) in [6.45, 7) is 0. The van der Waals surface area contributed by atoms with Crippen LogP contribution in [0.1, 0.15) is 15.9 Å². The molecule has 0 spiro atoms. The first-order chi connectivity index (χ1) is 14.7. The van der Waals surface area contributed by atoms with Gasteiger partial charge in [-0.1, -0.05) is 46.3 Å². The molecule has 0 N–H and O–H groups in total. The Bertz CT molecular complexity index is 1370. The standard InChI is InChI=1S/C27H17BrO2/c28-24-10-5-18(6-11-24)27(29)19-7-12-25(13-8-19)30-26-14-9-22-15-20-3-1-2-4-21(20)16-23(22)17-26/h1-17H. The van der Waals surface area contributed by atoms with Crippen LogP contribution in [0.25, 0.3) is 21.5 Å². The number of fused-ring (bicyclic) bond motifs is 2. The number of carbonyl (C=O) groups is 1. The van der Waals surface area contributed by atoms with Crippen LogP contribution in [0.4, 0.5) is 0 Å². The first kappa shape index (κ1) is 18.6. The lowest BCUT2D eigenvalue weighted by atomic mass is 10.0. The number of halogens is 1. The van der Waals surface area contributed by atoms with Gasteiger partial charge in [0.25, 0.3) is 0 Å². The zero-order valence-corrected chi connectivity index (χ0v) is 17.6. The monoisotopic (exact) mass is 452 g/mol. The van der Waals surface area contributed by atoms with Gasteiger partial charge in [0, 0.05) is 15.6 Å². The van der Waals surface area contributed by atoms with E-state index in [9.17, 15) is 4.79 Å². The molecule has 0 aliphatic carbocycles. The number of hydrogen-bond donors (Lipinski definition) is 0. The van der Waals surface area contributed by atoms with Gasteiger partial charge < -0.3 is 4.74 Å². The maximum atomic E-state index is 12.6. The van der Waals surface area contributed by atoms with Gasteiger partial charge in [-0.05, 0) is 94.3 Å². The molecule has 0 radical (unpaired) electrons. The van der Waals surface area contributed by atoms with Gasteiger partial charge in [-0.2, -0.15) is 0 Å². The molecule has 2 nitrogen and oxygen atoms in total. The van der Waals surface area contributed by atoms with Crippen molar-refractivity contribution in [3.63, 3.8) is 0 Å². The van der Waals surface area contributed by atoms with Gasteiger partial charge in [0.05, 0.1) is 0 Å². The molecule has 0 saturated heterocycles. The third kappa shape index (κ3) is 3.72. The Kier molecular flexibility index (Phi) is 4.82. The van der Waals surface area contributed by atoms with Crippen molar-refractivity contribution in [2.24, 2.45) is 0 Å². The molecule has 0 unspecified atom stereocenters. The summed E-state index contributed by atoms with van der Waals surface area (Å²) >= 11 is 3.39. The molecule has 5 aromatic rings. The quantitative estimate of drug-likeness (QED) is 0.205. The van der Waals surface area contributed by atoms with Crippen LogP contribution in [0.15, 0.2) is 108 Å².